The molecule has 10 nitrogen and oxygen atoms in total. The van der Waals surface area contributed by atoms with Gasteiger partial charge in [0.1, 0.15) is 23.7 Å². The molecule has 2 aromatic rings. The Bertz CT molecular complexity index is 1470. The number of hydrogen-bond donors (Lipinski definition) is 2. The van der Waals surface area contributed by atoms with E-state index in [0.29, 0.717) is 18.4 Å². The van der Waals surface area contributed by atoms with Crippen LogP contribution < -0.4 is 5.32 Å². The van der Waals surface area contributed by atoms with E-state index in [9.17, 15) is 24.3 Å². The number of carbonyl (C=O) groups is 4. The Kier molecular flexibility index (Phi) is 8.87. The zero-order valence-electron chi connectivity index (χ0n) is 25.3. The third kappa shape index (κ3) is 5.68. The quantitative estimate of drug-likeness (QED) is 0.379. The molecule has 3 amide bonds. The van der Waals surface area contributed by atoms with Gasteiger partial charge in [0.2, 0.25) is 17.7 Å². The first-order valence-corrected chi connectivity index (χ1v) is 15.7. The number of benzene rings is 2. The molecule has 2 fully saturated rings. The van der Waals surface area contributed by atoms with Crippen LogP contribution in [0.3, 0.4) is 0 Å². The highest BCUT2D eigenvalue weighted by molar-refractivity contribution is 5.99. The fourth-order valence-corrected chi connectivity index (χ4v) is 7.12. The highest BCUT2D eigenvalue weighted by Gasteiger charge is 2.74. The van der Waals surface area contributed by atoms with Crippen molar-refractivity contribution in [3.63, 3.8) is 0 Å². The zero-order chi connectivity index (χ0) is 31.6. The van der Waals surface area contributed by atoms with E-state index in [1.165, 1.54) is 4.90 Å². The van der Waals surface area contributed by atoms with Crippen LogP contribution in [-0.2, 0) is 35.2 Å². The molecule has 7 atom stereocenters. The van der Waals surface area contributed by atoms with Crippen molar-refractivity contribution in [2.45, 2.75) is 62.6 Å². The minimum atomic E-state index is -1.39. The minimum absolute atomic E-state index is 0.0661. The Morgan fingerprint density at radius 2 is 1.73 bits per heavy atom. The molecule has 1 spiro atoms. The molecule has 0 saturated carbocycles. The Balaban J connectivity index is 1.42. The molecule has 45 heavy (non-hydrogen) atoms. The lowest BCUT2D eigenvalue weighted by atomic mass is 9.74. The van der Waals surface area contributed by atoms with E-state index in [-0.39, 0.29) is 44.5 Å². The number of nitrogens with one attached hydrogen (secondary N) is 1. The lowest BCUT2D eigenvalue weighted by Crippen LogP contribution is -2.58. The van der Waals surface area contributed by atoms with Crippen LogP contribution in [0.4, 0.5) is 0 Å². The summed E-state index contributed by atoms with van der Waals surface area (Å²) >= 11 is 0. The van der Waals surface area contributed by atoms with Crippen LogP contribution in [0, 0.1) is 11.8 Å². The number of hydrogen-bond acceptors (Lipinski definition) is 7. The number of likely N-dealkylation sites (tertiary alicyclic amines) is 1. The van der Waals surface area contributed by atoms with E-state index < -0.39 is 53.6 Å². The van der Waals surface area contributed by atoms with Gasteiger partial charge in [-0.15, -0.1) is 0 Å². The molecule has 2 N–H and O–H groups in total. The third-order valence-electron chi connectivity index (χ3n) is 9.37. The molecule has 4 aliphatic heterocycles. The van der Waals surface area contributed by atoms with Crippen LogP contribution >= 0.6 is 0 Å². The molecular weight excluding hydrogens is 574 g/mol. The number of aliphatic hydroxyl groups excluding tert-OH is 1. The third-order valence-corrected chi connectivity index (χ3v) is 9.37. The molecule has 0 aliphatic carbocycles. The smallest absolute Gasteiger partial charge is 0.313 e. The number of fused-ring (bicyclic) bond motifs is 2. The summed E-state index contributed by atoms with van der Waals surface area (Å²) in [5, 5.41) is 13.3. The number of esters is 1. The number of amides is 3. The zero-order valence-corrected chi connectivity index (χ0v) is 25.3. The van der Waals surface area contributed by atoms with Crippen LogP contribution in [0.5, 0.6) is 0 Å². The summed E-state index contributed by atoms with van der Waals surface area (Å²) in [5.74, 6) is -3.59. The monoisotopic (exact) mass is 613 g/mol. The lowest BCUT2D eigenvalue weighted by molar-refractivity contribution is -0.160. The predicted molar refractivity (Wildman–Crippen MR) is 164 cm³/mol. The topological polar surface area (TPSA) is 125 Å². The van der Waals surface area contributed by atoms with Gasteiger partial charge >= 0.3 is 5.97 Å². The molecular formula is C35H39N3O7. The van der Waals surface area contributed by atoms with E-state index in [1.807, 2.05) is 79.7 Å². The largest absolute Gasteiger partial charge is 0.455 e. The summed E-state index contributed by atoms with van der Waals surface area (Å²) < 4.78 is 12.6. The normalized spacial score (nSPS) is 31.5. The highest BCUT2D eigenvalue weighted by atomic mass is 16.6. The fourth-order valence-electron chi connectivity index (χ4n) is 7.12. The van der Waals surface area contributed by atoms with Crippen molar-refractivity contribution < 1.29 is 33.8 Å². The summed E-state index contributed by atoms with van der Waals surface area (Å²) in [6, 6.07) is 17.0. The van der Waals surface area contributed by atoms with E-state index in [1.54, 1.807) is 17.1 Å². The number of rotatable bonds is 6. The van der Waals surface area contributed by atoms with Gasteiger partial charge in [-0.05, 0) is 24.0 Å². The van der Waals surface area contributed by atoms with E-state index in [2.05, 4.69) is 5.32 Å². The second kappa shape index (κ2) is 13.0. The first-order valence-electron chi connectivity index (χ1n) is 15.7. The molecule has 0 radical (unpaired) electrons. The van der Waals surface area contributed by atoms with Crippen molar-refractivity contribution in [3.05, 3.63) is 96.1 Å². The van der Waals surface area contributed by atoms with Gasteiger partial charge in [0, 0.05) is 19.5 Å². The van der Waals surface area contributed by atoms with Crippen molar-refractivity contribution >= 4 is 23.7 Å². The van der Waals surface area contributed by atoms with Gasteiger partial charge in [0.25, 0.3) is 0 Å². The van der Waals surface area contributed by atoms with Gasteiger partial charge < -0.3 is 29.7 Å². The molecule has 236 valence electrons. The van der Waals surface area contributed by atoms with E-state index in [4.69, 9.17) is 9.47 Å². The number of cyclic esters (lactones) is 1. The van der Waals surface area contributed by atoms with Crippen molar-refractivity contribution in [2.24, 2.45) is 11.8 Å². The SMILES string of the molecule is CC[C@@H](CO)N1C(=O)[C@@H]2[C@H]3C(=O)O[C@@H](c4ccccc4)CNC(=O)CC/C=C\CN(Cc4ccccc4)C(=O)[C@@H]1[C@]21C=C[C@H]3O1. The van der Waals surface area contributed by atoms with Gasteiger partial charge in [-0.1, -0.05) is 91.9 Å². The first-order chi connectivity index (χ1) is 21.9. The summed E-state index contributed by atoms with van der Waals surface area (Å²) in [6.45, 7) is 2.08. The molecule has 0 unspecified atom stereocenters. The Morgan fingerprint density at radius 1 is 1.00 bits per heavy atom. The summed E-state index contributed by atoms with van der Waals surface area (Å²) in [7, 11) is 0. The van der Waals surface area contributed by atoms with Gasteiger partial charge in [0.05, 0.1) is 31.2 Å². The Hall–Kier alpha value is -4.28. The van der Waals surface area contributed by atoms with Crippen molar-refractivity contribution in [3.8, 4) is 0 Å². The molecule has 10 heteroatoms. The van der Waals surface area contributed by atoms with Gasteiger partial charge in [0.15, 0.2) is 0 Å². The van der Waals surface area contributed by atoms with E-state index in [0.717, 1.165) is 5.56 Å². The van der Waals surface area contributed by atoms with Crippen molar-refractivity contribution in [1.82, 2.24) is 15.1 Å². The number of ether oxygens (including phenoxy) is 2. The van der Waals surface area contributed by atoms with Crippen molar-refractivity contribution in [1.29, 1.82) is 0 Å². The average molecular weight is 614 g/mol. The molecule has 4 heterocycles. The number of nitrogens with zero attached hydrogens (tertiary/aromatic N) is 2. The van der Waals surface area contributed by atoms with Crippen LogP contribution in [0.15, 0.2) is 85.0 Å². The van der Waals surface area contributed by atoms with Gasteiger partial charge in [-0.2, -0.15) is 0 Å². The van der Waals surface area contributed by atoms with Gasteiger partial charge in [-0.25, -0.2) is 0 Å². The molecule has 6 rings (SSSR count). The molecule has 4 aliphatic rings. The van der Waals surface area contributed by atoms with Crippen molar-refractivity contribution in [2.75, 3.05) is 19.7 Å². The summed E-state index contributed by atoms with van der Waals surface area (Å²) in [6.07, 6.45) is 6.77. The maximum Gasteiger partial charge on any atom is 0.313 e. The second-order valence-electron chi connectivity index (χ2n) is 12.0. The van der Waals surface area contributed by atoms with E-state index >= 15 is 0 Å². The second-order valence-corrected chi connectivity index (χ2v) is 12.0. The first kappa shape index (κ1) is 30.7. The maximum atomic E-state index is 14.7. The lowest BCUT2D eigenvalue weighted by Gasteiger charge is -2.38. The summed E-state index contributed by atoms with van der Waals surface area (Å²) in [5.41, 5.74) is 0.214. The Labute approximate surface area is 262 Å². The standard InChI is InChI=1S/C35H39N3O7/c1-2-25(22-39)38-31-33(42)37(21-23-12-6-3-7-13-23)19-11-5-10-16-28(40)36-20-27(24-14-8-4-9-15-24)44-34(43)29-26-17-18-35(31,45-26)30(29)32(38)41/h3-9,11-15,17-18,25-27,29-31,39H,2,10,16,19-22H2,1H3,(H,36,40)/b11-5-/t25-,26+,27+,29-,30-,31+,35-/m0/s1. The maximum absolute atomic E-state index is 14.7. The Morgan fingerprint density at radius 3 is 2.44 bits per heavy atom. The fraction of sp³-hybridized carbons (Fsp3) is 0.429. The number of carbonyl (C=O) groups excluding carboxylic acids is 4. The van der Waals surface area contributed by atoms with Crippen LogP contribution in [-0.4, -0.2) is 82.1 Å². The molecule has 5 bridgehead atoms. The summed E-state index contributed by atoms with van der Waals surface area (Å²) in [4.78, 5) is 59.0. The average Bonchev–Trinajstić information content (AvgIpc) is 3.70. The van der Waals surface area contributed by atoms with Crippen LogP contribution in [0.25, 0.3) is 0 Å². The van der Waals surface area contributed by atoms with Crippen LogP contribution in [0.1, 0.15) is 43.4 Å². The van der Waals surface area contributed by atoms with Gasteiger partial charge in [-0.3, -0.25) is 19.2 Å². The molecule has 2 aromatic carbocycles. The highest BCUT2D eigenvalue weighted by Crippen LogP contribution is 2.56. The molecule has 0 aromatic heterocycles. The number of aliphatic hydroxyl groups is 1. The predicted octanol–water partition coefficient (Wildman–Crippen LogP) is 2.69. The van der Waals surface area contributed by atoms with Crippen LogP contribution in [0.2, 0.25) is 0 Å². The number of allylic oxidation sites excluding steroid dienone is 1. The minimum Gasteiger partial charge on any atom is -0.455 e. The molecule has 2 saturated heterocycles.